The number of nitrogens with two attached hydrogens (primary N) is 1. The van der Waals surface area contributed by atoms with Crippen molar-refractivity contribution in [2.24, 2.45) is 5.73 Å². The first-order valence-corrected chi connectivity index (χ1v) is 6.79. The quantitative estimate of drug-likeness (QED) is 0.507. The molecule has 3 atom stereocenters. The van der Waals surface area contributed by atoms with Gasteiger partial charge >= 0.3 is 12.0 Å². The van der Waals surface area contributed by atoms with Crippen molar-refractivity contribution < 1.29 is 19.5 Å². The van der Waals surface area contributed by atoms with Crippen LogP contribution in [0, 0.1) is 0 Å². The first-order valence-electron chi connectivity index (χ1n) is 6.79. The molecule has 0 radical (unpaired) electrons. The van der Waals surface area contributed by atoms with Gasteiger partial charge in [-0.1, -0.05) is 0 Å². The Morgan fingerprint density at radius 3 is 2.70 bits per heavy atom. The topological polar surface area (TPSA) is 125 Å². The molecule has 2 aliphatic heterocycles. The number of amides is 3. The minimum Gasteiger partial charge on any atom is -0.480 e. The number of nitrogens with zero attached hydrogens (tertiary/aromatic N) is 1. The van der Waals surface area contributed by atoms with Gasteiger partial charge in [0.05, 0.1) is 6.42 Å². The fourth-order valence-electron chi connectivity index (χ4n) is 3.02. The van der Waals surface area contributed by atoms with Gasteiger partial charge in [-0.25, -0.2) is 9.59 Å². The molecule has 20 heavy (non-hydrogen) atoms. The number of aliphatic carboxylic acids is 1. The summed E-state index contributed by atoms with van der Waals surface area (Å²) in [5.41, 5.74) is 4.96. The van der Waals surface area contributed by atoms with E-state index in [0.29, 0.717) is 6.04 Å². The molecule has 8 nitrogen and oxygen atoms in total. The second-order valence-corrected chi connectivity index (χ2v) is 5.32. The highest BCUT2D eigenvalue weighted by atomic mass is 16.4. The lowest BCUT2D eigenvalue weighted by molar-refractivity contribution is -0.140. The number of carboxylic acid groups (broad SMARTS) is 1. The van der Waals surface area contributed by atoms with Crippen LogP contribution in [0.25, 0.3) is 0 Å². The molecule has 2 heterocycles. The molecule has 5 N–H and O–H groups in total. The first kappa shape index (κ1) is 14.6. The molecule has 0 aromatic carbocycles. The van der Waals surface area contributed by atoms with Crippen molar-refractivity contribution in [1.82, 2.24) is 15.5 Å². The minimum atomic E-state index is -1.28. The molecule has 3 amide bonds. The molecule has 2 rings (SSSR count). The van der Waals surface area contributed by atoms with E-state index in [4.69, 9.17) is 10.8 Å². The van der Waals surface area contributed by atoms with Gasteiger partial charge in [0, 0.05) is 18.6 Å². The molecule has 2 unspecified atom stereocenters. The normalized spacial score (nSPS) is 26.8. The first-order chi connectivity index (χ1) is 9.47. The second-order valence-electron chi connectivity index (χ2n) is 5.32. The summed E-state index contributed by atoms with van der Waals surface area (Å²) < 4.78 is 0. The van der Waals surface area contributed by atoms with Crippen LogP contribution >= 0.6 is 0 Å². The fraction of sp³-hybridized carbons (Fsp3) is 0.750. The van der Waals surface area contributed by atoms with Crippen LogP contribution in [0.5, 0.6) is 0 Å². The highest BCUT2D eigenvalue weighted by Gasteiger charge is 2.38. The molecule has 112 valence electrons. The predicted octanol–water partition coefficient (Wildman–Crippen LogP) is -1.15. The van der Waals surface area contributed by atoms with Gasteiger partial charge in [0.1, 0.15) is 6.04 Å². The molecular weight excluding hydrogens is 264 g/mol. The standard InChI is InChI=1S/C12H20N4O4/c13-10(17)6-8(11(18)19)15-12(20)14-7-3-5-16-4-1-2-9(7)16/h7-9H,1-6H2,(H2,13,17)(H,18,19)(H2,14,15,20)/t7?,8-,9?/m1/s1. The maximum absolute atomic E-state index is 11.8. The number of carbonyl (C=O) groups is 3. The summed E-state index contributed by atoms with van der Waals surface area (Å²) in [6.07, 6.45) is 2.63. The number of hydrogen-bond donors (Lipinski definition) is 4. The third-order valence-corrected chi connectivity index (χ3v) is 3.93. The van der Waals surface area contributed by atoms with E-state index in [-0.39, 0.29) is 6.04 Å². The average molecular weight is 284 g/mol. The number of fused-ring (bicyclic) bond motifs is 1. The van der Waals surface area contributed by atoms with E-state index in [1.54, 1.807) is 0 Å². The van der Waals surface area contributed by atoms with Crippen molar-refractivity contribution in [3.8, 4) is 0 Å². The smallest absolute Gasteiger partial charge is 0.326 e. The number of nitrogens with one attached hydrogen (secondary N) is 2. The molecule has 0 aromatic rings. The van der Waals surface area contributed by atoms with Crippen molar-refractivity contribution in [3.63, 3.8) is 0 Å². The van der Waals surface area contributed by atoms with Crippen molar-refractivity contribution in [2.45, 2.75) is 43.8 Å². The summed E-state index contributed by atoms with van der Waals surface area (Å²) in [5, 5.41) is 14.0. The highest BCUT2D eigenvalue weighted by Crippen LogP contribution is 2.27. The van der Waals surface area contributed by atoms with Gasteiger partial charge < -0.3 is 21.5 Å². The van der Waals surface area contributed by atoms with E-state index >= 15 is 0 Å². The van der Waals surface area contributed by atoms with E-state index in [1.807, 2.05) is 0 Å². The highest BCUT2D eigenvalue weighted by molar-refractivity contribution is 5.87. The third kappa shape index (κ3) is 3.38. The molecule has 0 bridgehead atoms. The Balaban J connectivity index is 1.85. The van der Waals surface area contributed by atoms with E-state index in [0.717, 1.165) is 32.4 Å². The Labute approximate surface area is 116 Å². The number of urea groups is 1. The van der Waals surface area contributed by atoms with Crippen LogP contribution in [0.3, 0.4) is 0 Å². The fourth-order valence-corrected chi connectivity index (χ4v) is 3.02. The summed E-state index contributed by atoms with van der Waals surface area (Å²) in [5.74, 6) is -2.03. The van der Waals surface area contributed by atoms with Crippen molar-refractivity contribution in [3.05, 3.63) is 0 Å². The van der Waals surface area contributed by atoms with Crippen molar-refractivity contribution in [2.75, 3.05) is 13.1 Å². The Morgan fingerprint density at radius 2 is 2.05 bits per heavy atom. The summed E-state index contributed by atoms with van der Waals surface area (Å²) in [7, 11) is 0. The molecule has 2 saturated heterocycles. The predicted molar refractivity (Wildman–Crippen MR) is 69.9 cm³/mol. The van der Waals surface area contributed by atoms with E-state index in [9.17, 15) is 14.4 Å². The largest absolute Gasteiger partial charge is 0.480 e. The zero-order chi connectivity index (χ0) is 14.7. The number of hydrogen-bond acceptors (Lipinski definition) is 4. The lowest BCUT2D eigenvalue weighted by Crippen LogP contribution is -2.52. The monoisotopic (exact) mass is 284 g/mol. The SMILES string of the molecule is NC(=O)C[C@@H](NC(=O)NC1CCN2CCCC12)C(=O)O. The van der Waals surface area contributed by atoms with Gasteiger partial charge in [0.25, 0.3) is 0 Å². The zero-order valence-corrected chi connectivity index (χ0v) is 11.2. The van der Waals surface area contributed by atoms with Crippen molar-refractivity contribution in [1.29, 1.82) is 0 Å². The summed E-state index contributed by atoms with van der Waals surface area (Å²) in [6, 6.07) is -1.45. The number of carbonyl (C=O) groups excluding carboxylic acids is 2. The summed E-state index contributed by atoms with van der Waals surface area (Å²) in [4.78, 5) is 35.9. The average Bonchev–Trinajstić information content (AvgIpc) is 2.92. The van der Waals surface area contributed by atoms with Crippen LogP contribution in [0.4, 0.5) is 4.79 Å². The van der Waals surface area contributed by atoms with Gasteiger partial charge in [-0.05, 0) is 25.8 Å². The van der Waals surface area contributed by atoms with Crippen LogP contribution in [0.15, 0.2) is 0 Å². The lowest BCUT2D eigenvalue weighted by Gasteiger charge is -2.22. The molecular formula is C12H20N4O4. The van der Waals surface area contributed by atoms with Crippen LogP contribution in [0.1, 0.15) is 25.7 Å². The molecule has 0 aromatic heterocycles. The van der Waals surface area contributed by atoms with Gasteiger partial charge in [0.2, 0.25) is 5.91 Å². The third-order valence-electron chi connectivity index (χ3n) is 3.93. The maximum atomic E-state index is 11.8. The molecule has 2 fully saturated rings. The Kier molecular flexibility index (Phi) is 4.43. The van der Waals surface area contributed by atoms with Gasteiger partial charge in [-0.15, -0.1) is 0 Å². The lowest BCUT2D eigenvalue weighted by atomic mass is 10.1. The van der Waals surface area contributed by atoms with Crippen molar-refractivity contribution >= 4 is 17.9 Å². The van der Waals surface area contributed by atoms with Gasteiger partial charge in [-0.3, -0.25) is 9.69 Å². The number of primary amides is 1. The Hall–Kier alpha value is -1.83. The minimum absolute atomic E-state index is 0.0422. The van der Waals surface area contributed by atoms with E-state index in [1.165, 1.54) is 0 Å². The maximum Gasteiger partial charge on any atom is 0.326 e. The molecule has 0 spiro atoms. The van der Waals surface area contributed by atoms with Gasteiger partial charge in [-0.2, -0.15) is 0 Å². The van der Waals surface area contributed by atoms with Crippen LogP contribution in [-0.2, 0) is 9.59 Å². The Bertz CT molecular complexity index is 414. The zero-order valence-electron chi connectivity index (χ0n) is 11.2. The molecule has 8 heteroatoms. The molecule has 0 aliphatic carbocycles. The van der Waals surface area contributed by atoms with E-state index < -0.39 is 30.4 Å². The van der Waals surface area contributed by atoms with Crippen LogP contribution in [-0.4, -0.2) is 59.1 Å². The number of carboxylic acids is 1. The Morgan fingerprint density at radius 1 is 1.30 bits per heavy atom. The summed E-state index contributed by atoms with van der Waals surface area (Å²) in [6.45, 7) is 2.02. The molecule has 0 saturated carbocycles. The van der Waals surface area contributed by atoms with Crippen LogP contribution in [0.2, 0.25) is 0 Å². The second kappa shape index (κ2) is 6.08. The number of rotatable bonds is 5. The summed E-state index contributed by atoms with van der Waals surface area (Å²) >= 11 is 0. The van der Waals surface area contributed by atoms with E-state index in [2.05, 4.69) is 15.5 Å². The van der Waals surface area contributed by atoms with Crippen LogP contribution < -0.4 is 16.4 Å². The molecule has 2 aliphatic rings. The van der Waals surface area contributed by atoms with Gasteiger partial charge in [0.15, 0.2) is 0 Å².